The van der Waals surface area contributed by atoms with E-state index in [4.69, 9.17) is 0 Å². The standard InChI is InChI=1S/C18H20N2O3S/c1-12-10-15(13(2)20(12)14-6-4-3-5-7-14)16(21)19-18(17(22)23)8-9-24-11-18/h3-7,10H,8-9,11H2,1-2H3,(H,19,21)(H,22,23). The van der Waals surface area contributed by atoms with Crippen LogP contribution in [0.2, 0.25) is 0 Å². The second kappa shape index (κ2) is 6.36. The average Bonchev–Trinajstić information content (AvgIpc) is 3.14. The summed E-state index contributed by atoms with van der Waals surface area (Å²) in [5, 5.41) is 12.3. The first-order valence-corrected chi connectivity index (χ1v) is 8.98. The number of amides is 1. The van der Waals surface area contributed by atoms with Gasteiger partial charge in [-0.2, -0.15) is 11.8 Å². The predicted molar refractivity (Wildman–Crippen MR) is 95.0 cm³/mol. The molecule has 5 nitrogen and oxygen atoms in total. The van der Waals surface area contributed by atoms with Crippen molar-refractivity contribution < 1.29 is 14.7 Å². The second-order valence-corrected chi connectivity index (χ2v) is 7.20. The molecule has 2 aromatic rings. The lowest BCUT2D eigenvalue weighted by Crippen LogP contribution is -2.54. The Labute approximate surface area is 145 Å². The van der Waals surface area contributed by atoms with Gasteiger partial charge in [-0.25, -0.2) is 4.79 Å². The van der Waals surface area contributed by atoms with Crippen molar-refractivity contribution in [1.29, 1.82) is 0 Å². The van der Waals surface area contributed by atoms with Gasteiger partial charge >= 0.3 is 5.97 Å². The number of aromatic nitrogens is 1. The highest BCUT2D eigenvalue weighted by Gasteiger charge is 2.43. The summed E-state index contributed by atoms with van der Waals surface area (Å²) in [7, 11) is 0. The fourth-order valence-electron chi connectivity index (χ4n) is 3.14. The fourth-order valence-corrected chi connectivity index (χ4v) is 4.46. The topological polar surface area (TPSA) is 71.3 Å². The van der Waals surface area contributed by atoms with Crippen LogP contribution in [-0.2, 0) is 4.79 Å². The molecule has 1 aromatic carbocycles. The van der Waals surface area contributed by atoms with Crippen LogP contribution in [0.15, 0.2) is 36.4 Å². The minimum atomic E-state index is -1.16. The minimum Gasteiger partial charge on any atom is -0.479 e. The van der Waals surface area contributed by atoms with Crippen LogP contribution in [0.4, 0.5) is 0 Å². The van der Waals surface area contributed by atoms with Gasteiger partial charge in [0, 0.05) is 22.8 Å². The zero-order valence-electron chi connectivity index (χ0n) is 13.7. The fraction of sp³-hybridized carbons (Fsp3) is 0.333. The van der Waals surface area contributed by atoms with Crippen LogP contribution >= 0.6 is 11.8 Å². The van der Waals surface area contributed by atoms with E-state index in [0.29, 0.717) is 17.7 Å². The van der Waals surface area contributed by atoms with Crippen LogP contribution in [0.3, 0.4) is 0 Å². The van der Waals surface area contributed by atoms with E-state index < -0.39 is 11.5 Å². The molecule has 1 amide bonds. The van der Waals surface area contributed by atoms with Gasteiger partial charge in [0.05, 0.1) is 5.56 Å². The third-order valence-corrected chi connectivity index (χ3v) is 5.66. The highest BCUT2D eigenvalue weighted by atomic mass is 32.2. The second-order valence-electron chi connectivity index (χ2n) is 6.10. The van der Waals surface area contributed by atoms with Crippen molar-refractivity contribution >= 4 is 23.6 Å². The van der Waals surface area contributed by atoms with E-state index in [9.17, 15) is 14.7 Å². The maximum atomic E-state index is 12.7. The van der Waals surface area contributed by atoms with E-state index in [1.165, 1.54) is 0 Å². The van der Waals surface area contributed by atoms with Gasteiger partial charge in [0.25, 0.3) is 5.91 Å². The van der Waals surface area contributed by atoms with Crippen LogP contribution in [0.1, 0.15) is 28.2 Å². The predicted octanol–water partition coefficient (Wildman–Crippen LogP) is 2.78. The lowest BCUT2D eigenvalue weighted by Gasteiger charge is -2.24. The third kappa shape index (κ3) is 2.82. The Morgan fingerprint density at radius 3 is 2.54 bits per heavy atom. The van der Waals surface area contributed by atoms with E-state index in [1.807, 2.05) is 54.8 Å². The van der Waals surface area contributed by atoms with Crippen molar-refractivity contribution in [3.63, 3.8) is 0 Å². The summed E-state index contributed by atoms with van der Waals surface area (Å²) >= 11 is 1.56. The molecule has 2 N–H and O–H groups in total. The summed E-state index contributed by atoms with van der Waals surface area (Å²) in [5.74, 6) is -0.130. The van der Waals surface area contributed by atoms with E-state index in [2.05, 4.69) is 5.32 Å². The van der Waals surface area contributed by atoms with Gasteiger partial charge in [-0.05, 0) is 44.2 Å². The van der Waals surface area contributed by atoms with E-state index in [-0.39, 0.29) is 5.91 Å². The molecular formula is C18H20N2O3S. The number of aryl methyl sites for hydroxylation is 1. The van der Waals surface area contributed by atoms with Gasteiger partial charge < -0.3 is 15.0 Å². The SMILES string of the molecule is Cc1cc(C(=O)NC2(C(=O)O)CCSC2)c(C)n1-c1ccccc1. The number of thioether (sulfide) groups is 1. The number of aliphatic carboxylic acids is 1. The summed E-state index contributed by atoms with van der Waals surface area (Å²) in [5.41, 5.74) is 2.10. The number of carboxylic acids is 1. The monoisotopic (exact) mass is 344 g/mol. The Morgan fingerprint density at radius 1 is 1.25 bits per heavy atom. The maximum absolute atomic E-state index is 12.7. The van der Waals surface area contributed by atoms with Crippen molar-refractivity contribution in [1.82, 2.24) is 9.88 Å². The van der Waals surface area contributed by atoms with Crippen molar-refractivity contribution in [2.75, 3.05) is 11.5 Å². The van der Waals surface area contributed by atoms with Crippen LogP contribution in [0.5, 0.6) is 0 Å². The lowest BCUT2D eigenvalue weighted by molar-refractivity contribution is -0.143. The van der Waals surface area contributed by atoms with Gasteiger partial charge in [-0.1, -0.05) is 18.2 Å². The molecule has 0 radical (unpaired) electrons. The van der Waals surface area contributed by atoms with E-state index in [0.717, 1.165) is 22.8 Å². The summed E-state index contributed by atoms with van der Waals surface area (Å²) in [6.45, 7) is 3.82. The van der Waals surface area contributed by atoms with Crippen LogP contribution in [0, 0.1) is 13.8 Å². The Kier molecular flexibility index (Phi) is 4.41. The molecular weight excluding hydrogens is 324 g/mol. The van der Waals surface area contributed by atoms with E-state index >= 15 is 0 Å². The average molecular weight is 344 g/mol. The van der Waals surface area contributed by atoms with Gasteiger partial charge in [0.2, 0.25) is 0 Å². The largest absolute Gasteiger partial charge is 0.479 e. The molecule has 1 aliphatic rings. The molecule has 24 heavy (non-hydrogen) atoms. The van der Waals surface area contributed by atoms with E-state index in [1.54, 1.807) is 11.8 Å². The highest BCUT2D eigenvalue weighted by Crippen LogP contribution is 2.29. The van der Waals surface area contributed by atoms with Crippen molar-refractivity contribution in [2.45, 2.75) is 25.8 Å². The molecule has 6 heteroatoms. The van der Waals surface area contributed by atoms with Gasteiger partial charge in [-0.3, -0.25) is 4.79 Å². The number of carbonyl (C=O) groups is 2. The smallest absolute Gasteiger partial charge is 0.330 e. The Hall–Kier alpha value is -2.21. The number of para-hydroxylation sites is 1. The molecule has 1 aromatic heterocycles. The number of carbonyl (C=O) groups excluding carboxylic acids is 1. The Morgan fingerprint density at radius 2 is 1.96 bits per heavy atom. The number of hydrogen-bond donors (Lipinski definition) is 2. The molecule has 1 atom stereocenters. The molecule has 3 rings (SSSR count). The zero-order valence-corrected chi connectivity index (χ0v) is 14.5. The van der Waals surface area contributed by atoms with Crippen LogP contribution in [0.25, 0.3) is 5.69 Å². The van der Waals surface area contributed by atoms with Crippen LogP contribution < -0.4 is 5.32 Å². The van der Waals surface area contributed by atoms with Crippen molar-refractivity contribution in [3.05, 3.63) is 53.3 Å². The molecule has 0 bridgehead atoms. The summed E-state index contributed by atoms with van der Waals surface area (Å²) < 4.78 is 2.01. The molecule has 1 aliphatic heterocycles. The van der Waals surface area contributed by atoms with Crippen molar-refractivity contribution in [2.24, 2.45) is 0 Å². The summed E-state index contributed by atoms with van der Waals surface area (Å²) in [6, 6.07) is 11.6. The Balaban J connectivity index is 1.93. The molecule has 0 aliphatic carbocycles. The molecule has 1 fully saturated rings. The maximum Gasteiger partial charge on any atom is 0.330 e. The molecule has 1 unspecified atom stereocenters. The number of nitrogens with zero attached hydrogens (tertiary/aromatic N) is 1. The molecule has 126 valence electrons. The first-order chi connectivity index (χ1) is 11.4. The summed E-state index contributed by atoms with van der Waals surface area (Å²) in [4.78, 5) is 24.4. The highest BCUT2D eigenvalue weighted by molar-refractivity contribution is 7.99. The quantitative estimate of drug-likeness (QED) is 0.895. The molecule has 1 saturated heterocycles. The van der Waals surface area contributed by atoms with Gasteiger partial charge in [-0.15, -0.1) is 0 Å². The van der Waals surface area contributed by atoms with Crippen LogP contribution in [-0.4, -0.2) is 38.6 Å². The first-order valence-electron chi connectivity index (χ1n) is 7.83. The van der Waals surface area contributed by atoms with Crippen molar-refractivity contribution in [3.8, 4) is 5.69 Å². The third-order valence-electron chi connectivity index (χ3n) is 4.47. The number of nitrogens with one attached hydrogen (secondary N) is 1. The first kappa shape index (κ1) is 16.6. The van der Waals surface area contributed by atoms with Gasteiger partial charge in [0.1, 0.15) is 5.54 Å². The molecule has 0 saturated carbocycles. The Bertz CT molecular complexity index is 777. The zero-order chi connectivity index (χ0) is 17.3. The lowest BCUT2D eigenvalue weighted by atomic mass is 9.98. The number of carboxylic acid groups (broad SMARTS) is 1. The number of rotatable bonds is 4. The minimum absolute atomic E-state index is 0.324. The van der Waals surface area contributed by atoms with Gasteiger partial charge in [0.15, 0.2) is 0 Å². The number of benzene rings is 1. The molecule has 0 spiro atoms. The number of hydrogen-bond acceptors (Lipinski definition) is 3. The summed E-state index contributed by atoms with van der Waals surface area (Å²) in [6.07, 6.45) is 0.455. The molecule has 2 heterocycles. The normalized spacial score (nSPS) is 20.1.